The molecule has 1 aromatic carbocycles. The van der Waals surface area contributed by atoms with Crippen molar-refractivity contribution in [2.45, 2.75) is 27.3 Å². The molecule has 0 unspecified atom stereocenters. The number of rotatable bonds is 4. The Morgan fingerprint density at radius 1 is 1.12 bits per heavy atom. The van der Waals surface area contributed by atoms with Gasteiger partial charge in [0.05, 0.1) is 11.4 Å². The molecule has 25 heavy (non-hydrogen) atoms. The number of carbonyl (C=O) groups is 1. The van der Waals surface area contributed by atoms with Gasteiger partial charge in [0.2, 0.25) is 0 Å². The third kappa shape index (κ3) is 3.50. The van der Waals surface area contributed by atoms with Gasteiger partial charge in [-0.25, -0.2) is 9.36 Å². The second-order valence-corrected chi connectivity index (χ2v) is 5.72. The van der Waals surface area contributed by atoms with E-state index in [0.717, 1.165) is 17.1 Å². The minimum absolute atomic E-state index is 0.193. The molecule has 1 N–H and O–H groups in total. The zero-order valence-corrected chi connectivity index (χ0v) is 14.4. The van der Waals surface area contributed by atoms with Gasteiger partial charge in [-0.1, -0.05) is 6.07 Å². The molecule has 128 valence electrons. The first-order valence-corrected chi connectivity index (χ1v) is 8.01. The Bertz CT molecular complexity index is 987. The number of carbonyl (C=O) groups excluding carboxylic acids is 1. The quantitative estimate of drug-likeness (QED) is 0.792. The van der Waals surface area contributed by atoms with Crippen molar-refractivity contribution in [1.82, 2.24) is 19.6 Å². The number of hydrogen-bond acceptors (Lipinski definition) is 4. The van der Waals surface area contributed by atoms with Crippen molar-refractivity contribution in [1.29, 1.82) is 0 Å². The lowest BCUT2D eigenvalue weighted by Crippen LogP contribution is -2.25. The van der Waals surface area contributed by atoms with Gasteiger partial charge in [-0.15, -0.1) is 0 Å². The number of benzene rings is 1. The van der Waals surface area contributed by atoms with Crippen LogP contribution >= 0.6 is 0 Å². The van der Waals surface area contributed by atoms with Crippen LogP contribution in [0.15, 0.2) is 47.3 Å². The molecule has 7 nitrogen and oxygen atoms in total. The number of nitrogens with one attached hydrogen (secondary N) is 1. The number of nitrogens with zero attached hydrogens (tertiary/aromatic N) is 4. The Hall–Kier alpha value is -3.22. The zero-order chi connectivity index (χ0) is 18.0. The van der Waals surface area contributed by atoms with Gasteiger partial charge in [-0.3, -0.25) is 9.59 Å². The third-order valence-electron chi connectivity index (χ3n) is 3.76. The SMILES string of the molecule is CCn1nc(C(=O)Nc2cccc(-n3nc(C)cc3C)c2)ccc1=O. The predicted molar refractivity (Wildman–Crippen MR) is 95.2 cm³/mol. The van der Waals surface area contributed by atoms with Gasteiger partial charge in [0.15, 0.2) is 0 Å². The van der Waals surface area contributed by atoms with E-state index in [9.17, 15) is 9.59 Å². The van der Waals surface area contributed by atoms with Crippen molar-refractivity contribution >= 4 is 11.6 Å². The summed E-state index contributed by atoms with van der Waals surface area (Å²) >= 11 is 0. The molecule has 7 heteroatoms. The van der Waals surface area contributed by atoms with E-state index in [4.69, 9.17) is 0 Å². The highest BCUT2D eigenvalue weighted by atomic mass is 16.2. The first kappa shape index (κ1) is 16.6. The molecule has 1 amide bonds. The average molecular weight is 337 g/mol. The van der Waals surface area contributed by atoms with Crippen LogP contribution in [0.4, 0.5) is 5.69 Å². The summed E-state index contributed by atoms with van der Waals surface area (Å²) in [5, 5.41) is 11.3. The number of aryl methyl sites for hydroxylation is 3. The van der Waals surface area contributed by atoms with E-state index >= 15 is 0 Å². The van der Waals surface area contributed by atoms with Crippen molar-refractivity contribution in [3.63, 3.8) is 0 Å². The Morgan fingerprint density at radius 2 is 1.92 bits per heavy atom. The molecular weight excluding hydrogens is 318 g/mol. The zero-order valence-electron chi connectivity index (χ0n) is 14.4. The molecule has 2 heterocycles. The highest BCUT2D eigenvalue weighted by Gasteiger charge is 2.11. The Kier molecular flexibility index (Phi) is 4.47. The highest BCUT2D eigenvalue weighted by molar-refractivity contribution is 6.02. The first-order chi connectivity index (χ1) is 12.0. The van der Waals surface area contributed by atoms with Crippen LogP contribution in [0.5, 0.6) is 0 Å². The van der Waals surface area contributed by atoms with Crippen LogP contribution in [0, 0.1) is 13.8 Å². The van der Waals surface area contributed by atoms with Crippen LogP contribution in [-0.4, -0.2) is 25.5 Å². The van der Waals surface area contributed by atoms with Crippen LogP contribution in [0.2, 0.25) is 0 Å². The van der Waals surface area contributed by atoms with Crippen LogP contribution in [-0.2, 0) is 6.54 Å². The van der Waals surface area contributed by atoms with E-state index in [2.05, 4.69) is 15.5 Å². The molecule has 0 saturated heterocycles. The molecule has 0 fully saturated rings. The molecule has 0 aliphatic carbocycles. The molecule has 3 aromatic rings. The van der Waals surface area contributed by atoms with Crippen LogP contribution in [0.3, 0.4) is 0 Å². The van der Waals surface area contributed by atoms with E-state index in [0.29, 0.717) is 12.2 Å². The van der Waals surface area contributed by atoms with Gasteiger partial charge in [0, 0.05) is 24.0 Å². The average Bonchev–Trinajstić information content (AvgIpc) is 2.94. The Morgan fingerprint density at radius 3 is 2.60 bits per heavy atom. The number of anilines is 1. The molecule has 0 saturated carbocycles. The van der Waals surface area contributed by atoms with Crippen LogP contribution in [0.25, 0.3) is 5.69 Å². The van der Waals surface area contributed by atoms with Gasteiger partial charge < -0.3 is 5.32 Å². The largest absolute Gasteiger partial charge is 0.321 e. The summed E-state index contributed by atoms with van der Waals surface area (Å²) in [6, 6.07) is 12.2. The van der Waals surface area contributed by atoms with Gasteiger partial charge in [-0.2, -0.15) is 10.2 Å². The first-order valence-electron chi connectivity index (χ1n) is 8.01. The predicted octanol–water partition coefficient (Wildman–Crippen LogP) is 2.32. The van der Waals surface area contributed by atoms with E-state index in [1.54, 1.807) is 13.0 Å². The minimum Gasteiger partial charge on any atom is -0.321 e. The maximum Gasteiger partial charge on any atom is 0.276 e. The van der Waals surface area contributed by atoms with Gasteiger partial charge in [-0.05, 0) is 51.1 Å². The molecule has 0 atom stereocenters. The smallest absolute Gasteiger partial charge is 0.276 e. The molecule has 0 radical (unpaired) electrons. The van der Waals surface area contributed by atoms with Gasteiger partial charge >= 0.3 is 0 Å². The summed E-state index contributed by atoms with van der Waals surface area (Å²) in [5.41, 5.74) is 3.39. The van der Waals surface area contributed by atoms with E-state index < -0.39 is 0 Å². The van der Waals surface area contributed by atoms with E-state index in [1.807, 2.05) is 42.8 Å². The van der Waals surface area contributed by atoms with Crippen molar-refractivity contribution in [2.24, 2.45) is 0 Å². The summed E-state index contributed by atoms with van der Waals surface area (Å²) in [6.07, 6.45) is 0. The lowest BCUT2D eigenvalue weighted by molar-refractivity contribution is 0.102. The molecule has 0 spiro atoms. The summed E-state index contributed by atoms with van der Waals surface area (Å²) in [7, 11) is 0. The van der Waals surface area contributed by atoms with Gasteiger partial charge in [0.25, 0.3) is 11.5 Å². The number of hydrogen-bond donors (Lipinski definition) is 1. The van der Waals surface area contributed by atoms with Crippen molar-refractivity contribution in [3.8, 4) is 5.69 Å². The molecule has 0 bridgehead atoms. The van der Waals surface area contributed by atoms with E-state index in [-0.39, 0.29) is 17.2 Å². The number of amides is 1. The van der Waals surface area contributed by atoms with Crippen LogP contribution in [0.1, 0.15) is 28.8 Å². The van der Waals surface area contributed by atoms with Crippen molar-refractivity contribution in [3.05, 3.63) is 69.9 Å². The third-order valence-corrected chi connectivity index (χ3v) is 3.76. The molecule has 0 aliphatic heterocycles. The Balaban J connectivity index is 1.86. The monoisotopic (exact) mass is 337 g/mol. The summed E-state index contributed by atoms with van der Waals surface area (Å²) in [4.78, 5) is 24.0. The van der Waals surface area contributed by atoms with Gasteiger partial charge in [0.1, 0.15) is 5.69 Å². The lowest BCUT2D eigenvalue weighted by Gasteiger charge is -2.09. The van der Waals surface area contributed by atoms with Crippen LogP contribution < -0.4 is 10.9 Å². The lowest BCUT2D eigenvalue weighted by atomic mass is 10.2. The topological polar surface area (TPSA) is 81.8 Å². The molecule has 2 aromatic heterocycles. The fourth-order valence-electron chi connectivity index (χ4n) is 2.60. The van der Waals surface area contributed by atoms with Crippen molar-refractivity contribution < 1.29 is 4.79 Å². The maximum atomic E-state index is 12.4. The number of aromatic nitrogens is 4. The fraction of sp³-hybridized carbons (Fsp3) is 0.222. The Labute approximate surface area is 144 Å². The normalized spacial score (nSPS) is 10.7. The summed E-state index contributed by atoms with van der Waals surface area (Å²) in [5.74, 6) is -0.368. The second-order valence-electron chi connectivity index (χ2n) is 5.72. The molecule has 3 rings (SSSR count). The minimum atomic E-state index is -0.368. The standard InChI is InChI=1S/C18H19N5O2/c1-4-22-17(24)9-8-16(21-22)18(25)19-14-6-5-7-15(11-14)23-13(3)10-12(2)20-23/h5-11H,4H2,1-3H3,(H,19,25). The second kappa shape index (κ2) is 6.72. The molecular formula is C18H19N5O2. The van der Waals surface area contributed by atoms with Crippen molar-refractivity contribution in [2.75, 3.05) is 5.32 Å². The fourth-order valence-corrected chi connectivity index (χ4v) is 2.60. The summed E-state index contributed by atoms with van der Waals surface area (Å²) < 4.78 is 3.07. The summed E-state index contributed by atoms with van der Waals surface area (Å²) in [6.45, 7) is 6.12. The molecule has 0 aliphatic rings. The van der Waals surface area contributed by atoms with E-state index in [1.165, 1.54) is 16.8 Å². The highest BCUT2D eigenvalue weighted by Crippen LogP contribution is 2.17. The maximum absolute atomic E-state index is 12.4.